The van der Waals surface area contributed by atoms with Gasteiger partial charge in [-0.15, -0.1) is 0 Å². The molecule has 2 aromatic carbocycles. The second kappa shape index (κ2) is 4.68. The number of aliphatic hydroxyl groups is 2. The Morgan fingerprint density at radius 1 is 0.762 bits per heavy atom. The molecular weight excluding hydrogens is 268 g/mol. The summed E-state index contributed by atoms with van der Waals surface area (Å²) in [5.41, 5.74) is -1.94. The van der Waals surface area contributed by atoms with Gasteiger partial charge >= 0.3 is 0 Å². The second-order valence-electron chi connectivity index (χ2n) is 4.82. The summed E-state index contributed by atoms with van der Waals surface area (Å²) in [4.78, 5) is 24.8. The van der Waals surface area contributed by atoms with Gasteiger partial charge in [0.1, 0.15) is 0 Å². The molecule has 104 valence electrons. The molecule has 0 radical (unpaired) electrons. The first-order valence-corrected chi connectivity index (χ1v) is 6.43. The number of carbonyl (C=O) groups is 2. The van der Waals surface area contributed by atoms with Gasteiger partial charge in [-0.1, -0.05) is 60.7 Å². The number of carbonyl (C=O) groups excluding carboxylic acids is 2. The maximum atomic E-state index is 12.6. The zero-order valence-electron chi connectivity index (χ0n) is 11.0. The first-order valence-electron chi connectivity index (χ1n) is 6.43. The van der Waals surface area contributed by atoms with Crippen LogP contribution in [0.25, 0.3) is 5.57 Å². The van der Waals surface area contributed by atoms with Crippen molar-refractivity contribution >= 4 is 17.1 Å². The highest BCUT2D eigenvalue weighted by Crippen LogP contribution is 2.39. The van der Waals surface area contributed by atoms with Crippen LogP contribution >= 0.6 is 0 Å². The Morgan fingerprint density at radius 2 is 1.29 bits per heavy atom. The third-order valence-electron chi connectivity index (χ3n) is 3.59. The predicted molar refractivity (Wildman–Crippen MR) is 76.3 cm³/mol. The lowest BCUT2D eigenvalue weighted by molar-refractivity contribution is -0.145. The molecule has 0 amide bonds. The molecule has 0 aliphatic heterocycles. The van der Waals surface area contributed by atoms with Crippen LogP contribution in [-0.4, -0.2) is 21.8 Å². The molecule has 0 saturated carbocycles. The monoisotopic (exact) mass is 280 g/mol. The zero-order valence-corrected chi connectivity index (χ0v) is 11.0. The Bertz CT molecular complexity index is 747. The van der Waals surface area contributed by atoms with Crippen molar-refractivity contribution in [3.8, 4) is 0 Å². The van der Waals surface area contributed by atoms with Crippen molar-refractivity contribution in [1.82, 2.24) is 0 Å². The Hall–Kier alpha value is -2.72. The first kappa shape index (κ1) is 13.3. The van der Waals surface area contributed by atoms with Crippen molar-refractivity contribution in [2.75, 3.05) is 0 Å². The summed E-state index contributed by atoms with van der Waals surface area (Å²) < 4.78 is 0. The van der Waals surface area contributed by atoms with Crippen molar-refractivity contribution in [2.45, 2.75) is 5.60 Å². The standard InChI is InChI=1S/C17H12O4/c18-14-13(11-7-3-1-4-8-11)15(19)17(21,16(14)20)12-9-5-2-6-10-12/h1-10,18,21H. The van der Waals surface area contributed by atoms with Gasteiger partial charge < -0.3 is 10.2 Å². The molecule has 0 saturated heterocycles. The van der Waals surface area contributed by atoms with Gasteiger partial charge in [0.2, 0.25) is 17.2 Å². The highest BCUT2D eigenvalue weighted by Gasteiger charge is 2.55. The van der Waals surface area contributed by atoms with E-state index >= 15 is 0 Å². The number of Topliss-reactive ketones (excluding diaryl/α,β-unsaturated/α-hetero) is 2. The topological polar surface area (TPSA) is 74.6 Å². The molecule has 1 unspecified atom stereocenters. The number of hydrogen-bond donors (Lipinski definition) is 2. The maximum absolute atomic E-state index is 12.6. The normalized spacial score (nSPS) is 22.0. The van der Waals surface area contributed by atoms with Crippen molar-refractivity contribution in [3.63, 3.8) is 0 Å². The smallest absolute Gasteiger partial charge is 0.242 e. The van der Waals surface area contributed by atoms with E-state index in [2.05, 4.69) is 0 Å². The molecule has 1 atom stereocenters. The van der Waals surface area contributed by atoms with E-state index in [4.69, 9.17) is 0 Å². The summed E-state index contributed by atoms with van der Waals surface area (Å²) in [7, 11) is 0. The van der Waals surface area contributed by atoms with Gasteiger partial charge in [0.15, 0.2) is 5.76 Å². The lowest BCUT2D eigenvalue weighted by Gasteiger charge is -2.19. The van der Waals surface area contributed by atoms with E-state index in [1.54, 1.807) is 48.5 Å². The number of hydrogen-bond acceptors (Lipinski definition) is 4. The number of aliphatic hydroxyl groups excluding tert-OH is 1. The fraction of sp³-hybridized carbons (Fsp3) is 0.0588. The zero-order chi connectivity index (χ0) is 15.0. The molecule has 1 aliphatic carbocycles. The van der Waals surface area contributed by atoms with Crippen LogP contribution < -0.4 is 0 Å². The highest BCUT2D eigenvalue weighted by atomic mass is 16.3. The van der Waals surface area contributed by atoms with Gasteiger partial charge in [-0.25, -0.2) is 0 Å². The molecule has 0 fully saturated rings. The number of rotatable bonds is 2. The molecule has 0 heterocycles. The van der Waals surface area contributed by atoms with E-state index in [-0.39, 0.29) is 11.1 Å². The van der Waals surface area contributed by atoms with Gasteiger partial charge in [0, 0.05) is 0 Å². The van der Waals surface area contributed by atoms with Crippen LogP contribution in [-0.2, 0) is 15.2 Å². The molecule has 0 aromatic heterocycles. The van der Waals surface area contributed by atoms with E-state index < -0.39 is 22.9 Å². The van der Waals surface area contributed by atoms with Gasteiger partial charge in [-0.05, 0) is 11.1 Å². The quantitative estimate of drug-likeness (QED) is 0.825. The predicted octanol–water partition coefficient (Wildman–Crippen LogP) is 2.00. The van der Waals surface area contributed by atoms with Crippen LogP contribution in [0.15, 0.2) is 66.4 Å². The Kier molecular flexibility index (Phi) is 2.96. The third-order valence-corrected chi connectivity index (χ3v) is 3.59. The van der Waals surface area contributed by atoms with Gasteiger partial charge in [-0.3, -0.25) is 9.59 Å². The Balaban J connectivity index is 2.16. The molecule has 4 heteroatoms. The van der Waals surface area contributed by atoms with Crippen molar-refractivity contribution in [1.29, 1.82) is 0 Å². The van der Waals surface area contributed by atoms with E-state index in [1.807, 2.05) is 0 Å². The van der Waals surface area contributed by atoms with E-state index in [0.29, 0.717) is 5.56 Å². The van der Waals surface area contributed by atoms with E-state index in [0.717, 1.165) is 0 Å². The van der Waals surface area contributed by atoms with Crippen LogP contribution in [0.5, 0.6) is 0 Å². The number of ketones is 2. The maximum Gasteiger partial charge on any atom is 0.242 e. The molecule has 2 N–H and O–H groups in total. The summed E-state index contributed by atoms with van der Waals surface area (Å²) >= 11 is 0. The van der Waals surface area contributed by atoms with Crippen LogP contribution in [0.3, 0.4) is 0 Å². The van der Waals surface area contributed by atoms with Gasteiger partial charge in [0.25, 0.3) is 0 Å². The summed E-state index contributed by atoms with van der Waals surface area (Å²) in [6.45, 7) is 0. The Labute approximate surface area is 121 Å². The van der Waals surface area contributed by atoms with Crippen molar-refractivity contribution in [2.24, 2.45) is 0 Å². The average Bonchev–Trinajstić information content (AvgIpc) is 2.71. The molecule has 3 rings (SSSR count). The summed E-state index contributed by atoms with van der Waals surface area (Å²) in [5.74, 6) is -2.49. The minimum Gasteiger partial charge on any atom is -0.504 e. The first-order chi connectivity index (χ1) is 10.1. The molecule has 4 nitrogen and oxygen atoms in total. The molecule has 2 aromatic rings. The third kappa shape index (κ3) is 1.80. The van der Waals surface area contributed by atoms with Crippen LogP contribution in [0.4, 0.5) is 0 Å². The molecule has 21 heavy (non-hydrogen) atoms. The second-order valence-corrected chi connectivity index (χ2v) is 4.82. The van der Waals surface area contributed by atoms with Crippen LogP contribution in [0.2, 0.25) is 0 Å². The molecule has 1 aliphatic rings. The highest BCUT2D eigenvalue weighted by molar-refractivity contribution is 6.42. The van der Waals surface area contributed by atoms with Gasteiger partial charge in [0.05, 0.1) is 5.57 Å². The molecule has 0 bridgehead atoms. The van der Waals surface area contributed by atoms with Gasteiger partial charge in [-0.2, -0.15) is 0 Å². The largest absolute Gasteiger partial charge is 0.504 e. The lowest BCUT2D eigenvalue weighted by Crippen LogP contribution is -2.39. The minimum atomic E-state index is -2.35. The lowest BCUT2D eigenvalue weighted by atomic mass is 9.87. The fourth-order valence-corrected chi connectivity index (χ4v) is 2.49. The van der Waals surface area contributed by atoms with Crippen LogP contribution in [0, 0.1) is 0 Å². The summed E-state index contributed by atoms with van der Waals surface area (Å²) in [6, 6.07) is 16.3. The Morgan fingerprint density at radius 3 is 1.86 bits per heavy atom. The van der Waals surface area contributed by atoms with Crippen LogP contribution in [0.1, 0.15) is 11.1 Å². The number of benzene rings is 2. The SMILES string of the molecule is O=C1C(O)=C(c2ccccc2)C(=O)C1(O)c1ccccc1. The molecule has 0 spiro atoms. The summed E-state index contributed by atoms with van der Waals surface area (Å²) in [6.07, 6.45) is 0. The van der Waals surface area contributed by atoms with Crippen molar-refractivity contribution < 1.29 is 19.8 Å². The fourth-order valence-electron chi connectivity index (χ4n) is 2.49. The summed E-state index contributed by atoms with van der Waals surface area (Å²) in [5, 5.41) is 20.6. The van der Waals surface area contributed by atoms with E-state index in [1.165, 1.54) is 12.1 Å². The minimum absolute atomic E-state index is 0.146. The van der Waals surface area contributed by atoms with E-state index in [9.17, 15) is 19.8 Å². The van der Waals surface area contributed by atoms with Crippen molar-refractivity contribution in [3.05, 3.63) is 77.5 Å². The average molecular weight is 280 g/mol. The molecular formula is C17H12O4.